The van der Waals surface area contributed by atoms with Crippen molar-refractivity contribution < 1.29 is 19.0 Å². The first kappa shape index (κ1) is 14.6. The number of aromatic nitrogens is 2. The van der Waals surface area contributed by atoms with Crippen molar-refractivity contribution in [3.05, 3.63) is 42.0 Å². The first-order valence-electron chi connectivity index (χ1n) is 6.10. The molecule has 21 heavy (non-hydrogen) atoms. The Balaban J connectivity index is 2.09. The molecule has 0 fully saturated rings. The van der Waals surface area contributed by atoms with E-state index in [0.717, 1.165) is 0 Å². The number of nitrogens with two attached hydrogens (primary N) is 1. The van der Waals surface area contributed by atoms with Crippen molar-refractivity contribution in [1.29, 1.82) is 0 Å². The van der Waals surface area contributed by atoms with Crippen LogP contribution < -0.4 is 15.2 Å². The molecule has 2 aromatic heterocycles. The molecule has 0 radical (unpaired) electrons. The Bertz CT molecular complexity index is 629. The number of esters is 1. The van der Waals surface area contributed by atoms with Gasteiger partial charge in [0.15, 0.2) is 11.5 Å². The van der Waals surface area contributed by atoms with Gasteiger partial charge in [-0.2, -0.15) is 0 Å². The molecule has 2 heterocycles. The van der Waals surface area contributed by atoms with Crippen LogP contribution in [-0.4, -0.2) is 30.2 Å². The molecule has 0 unspecified atom stereocenters. The molecule has 0 atom stereocenters. The fourth-order valence-corrected chi connectivity index (χ4v) is 1.69. The molecule has 7 nitrogen and oxygen atoms in total. The molecule has 2 rings (SSSR count). The minimum absolute atomic E-state index is 0.0503. The topological polar surface area (TPSA) is 96.6 Å². The first-order chi connectivity index (χ1) is 10.2. The molecule has 110 valence electrons. The highest BCUT2D eigenvalue weighted by atomic mass is 16.5. The summed E-state index contributed by atoms with van der Waals surface area (Å²) in [5, 5.41) is 0. The number of nitrogens with zero attached hydrogens (tertiary/aromatic N) is 2. The maximum Gasteiger partial charge on any atom is 0.357 e. The van der Waals surface area contributed by atoms with E-state index >= 15 is 0 Å². The number of anilines is 1. The molecule has 0 aliphatic heterocycles. The van der Waals surface area contributed by atoms with Gasteiger partial charge in [-0.1, -0.05) is 0 Å². The first-order valence-corrected chi connectivity index (χ1v) is 6.10. The Labute approximate surface area is 121 Å². The molecule has 0 saturated heterocycles. The molecular formula is C14H15N3O4. The van der Waals surface area contributed by atoms with E-state index in [4.69, 9.17) is 19.9 Å². The second-order valence-corrected chi connectivity index (χ2v) is 4.05. The predicted molar refractivity (Wildman–Crippen MR) is 75.1 cm³/mol. The normalized spacial score (nSPS) is 10.0. The van der Waals surface area contributed by atoms with Crippen LogP contribution in [0.25, 0.3) is 0 Å². The van der Waals surface area contributed by atoms with Crippen LogP contribution in [0.15, 0.2) is 30.6 Å². The second-order valence-electron chi connectivity index (χ2n) is 4.05. The van der Waals surface area contributed by atoms with Gasteiger partial charge in [0, 0.05) is 12.3 Å². The zero-order valence-electron chi connectivity index (χ0n) is 11.7. The van der Waals surface area contributed by atoms with Gasteiger partial charge in [0.1, 0.15) is 18.0 Å². The summed E-state index contributed by atoms with van der Waals surface area (Å²) in [6.45, 7) is -0.0503. The number of carbonyl (C=O) groups is 1. The van der Waals surface area contributed by atoms with Crippen LogP contribution in [0.3, 0.4) is 0 Å². The maximum absolute atomic E-state index is 11.9. The van der Waals surface area contributed by atoms with Gasteiger partial charge >= 0.3 is 5.97 Å². The van der Waals surface area contributed by atoms with Crippen molar-refractivity contribution in [3.8, 4) is 11.5 Å². The van der Waals surface area contributed by atoms with Crippen molar-refractivity contribution in [1.82, 2.24) is 9.97 Å². The highest BCUT2D eigenvalue weighted by Gasteiger charge is 2.14. The third-order valence-electron chi connectivity index (χ3n) is 2.70. The molecule has 0 spiro atoms. The standard InChI is InChI=1S/C14H15N3O4/c1-19-12-5-6-16-11(13(12)20-2)8-21-14(18)10-4-3-9(15)7-17-10/h3-7H,8,15H2,1-2H3. The van der Waals surface area contributed by atoms with E-state index in [-0.39, 0.29) is 12.3 Å². The molecule has 0 aliphatic rings. The highest BCUT2D eigenvalue weighted by molar-refractivity contribution is 5.87. The second kappa shape index (κ2) is 6.56. The van der Waals surface area contributed by atoms with Crippen molar-refractivity contribution in [3.63, 3.8) is 0 Å². The predicted octanol–water partition coefficient (Wildman–Crippen LogP) is 1.43. The smallest absolute Gasteiger partial charge is 0.357 e. The lowest BCUT2D eigenvalue weighted by molar-refractivity contribution is 0.0457. The van der Waals surface area contributed by atoms with Crippen molar-refractivity contribution in [2.75, 3.05) is 20.0 Å². The van der Waals surface area contributed by atoms with E-state index < -0.39 is 5.97 Å². The van der Waals surface area contributed by atoms with Gasteiger partial charge in [-0.15, -0.1) is 0 Å². The Kier molecular flexibility index (Phi) is 4.55. The third-order valence-corrected chi connectivity index (χ3v) is 2.70. The number of hydrogen-bond acceptors (Lipinski definition) is 7. The fourth-order valence-electron chi connectivity index (χ4n) is 1.69. The summed E-state index contributed by atoms with van der Waals surface area (Å²) in [6.07, 6.45) is 2.94. The lowest BCUT2D eigenvalue weighted by Crippen LogP contribution is -2.09. The summed E-state index contributed by atoms with van der Waals surface area (Å²) in [5.41, 5.74) is 6.61. The van der Waals surface area contributed by atoms with Crippen molar-refractivity contribution >= 4 is 11.7 Å². The summed E-state index contributed by atoms with van der Waals surface area (Å²) < 4.78 is 15.5. The van der Waals surface area contributed by atoms with Crippen molar-refractivity contribution in [2.45, 2.75) is 6.61 Å². The molecule has 7 heteroatoms. The van der Waals surface area contributed by atoms with E-state index in [9.17, 15) is 4.79 Å². The molecule has 2 aromatic rings. The minimum Gasteiger partial charge on any atom is -0.493 e. The number of ether oxygens (including phenoxy) is 3. The van der Waals surface area contributed by atoms with Crippen LogP contribution in [0.1, 0.15) is 16.2 Å². The Hall–Kier alpha value is -2.83. The zero-order chi connectivity index (χ0) is 15.2. The van der Waals surface area contributed by atoms with Crippen LogP contribution in [0.5, 0.6) is 11.5 Å². The molecule has 0 amide bonds. The number of hydrogen-bond donors (Lipinski definition) is 1. The van der Waals surface area contributed by atoms with Crippen LogP contribution in [0, 0.1) is 0 Å². The third kappa shape index (κ3) is 3.38. The molecule has 2 N–H and O–H groups in total. The van der Waals surface area contributed by atoms with E-state index in [1.807, 2.05) is 0 Å². The Morgan fingerprint density at radius 3 is 2.62 bits per heavy atom. The van der Waals surface area contributed by atoms with Gasteiger partial charge in [-0.05, 0) is 12.1 Å². The van der Waals surface area contributed by atoms with Gasteiger partial charge < -0.3 is 19.9 Å². The molecular weight excluding hydrogens is 274 g/mol. The largest absolute Gasteiger partial charge is 0.493 e. The number of rotatable bonds is 5. The number of pyridine rings is 2. The van der Waals surface area contributed by atoms with Gasteiger partial charge in [0.2, 0.25) is 0 Å². The fraction of sp³-hybridized carbons (Fsp3) is 0.214. The summed E-state index contributed by atoms with van der Waals surface area (Å²) in [5.74, 6) is 0.379. The van der Waals surface area contributed by atoms with E-state index in [1.165, 1.54) is 26.5 Å². The summed E-state index contributed by atoms with van der Waals surface area (Å²) in [6, 6.07) is 4.73. The average molecular weight is 289 g/mol. The monoisotopic (exact) mass is 289 g/mol. The molecule has 0 saturated carbocycles. The lowest BCUT2D eigenvalue weighted by atomic mass is 10.3. The number of nitrogen functional groups attached to an aromatic ring is 1. The van der Waals surface area contributed by atoms with Crippen LogP contribution in [0.2, 0.25) is 0 Å². The van der Waals surface area contributed by atoms with Crippen molar-refractivity contribution in [2.24, 2.45) is 0 Å². The van der Waals surface area contributed by atoms with Gasteiger partial charge in [0.25, 0.3) is 0 Å². The molecule has 0 bridgehead atoms. The quantitative estimate of drug-likeness (QED) is 0.831. The lowest BCUT2D eigenvalue weighted by Gasteiger charge is -2.11. The summed E-state index contributed by atoms with van der Waals surface area (Å²) in [7, 11) is 3.01. The Morgan fingerprint density at radius 1 is 1.19 bits per heavy atom. The highest BCUT2D eigenvalue weighted by Crippen LogP contribution is 2.29. The van der Waals surface area contributed by atoms with Crippen LogP contribution in [0.4, 0.5) is 5.69 Å². The summed E-state index contributed by atoms with van der Waals surface area (Å²) in [4.78, 5) is 19.9. The maximum atomic E-state index is 11.9. The molecule has 0 aromatic carbocycles. The SMILES string of the molecule is COc1ccnc(COC(=O)c2ccc(N)cn2)c1OC. The van der Waals surface area contributed by atoms with E-state index in [2.05, 4.69) is 9.97 Å². The number of methoxy groups -OCH3 is 2. The average Bonchev–Trinajstić information content (AvgIpc) is 2.52. The van der Waals surface area contributed by atoms with Gasteiger partial charge in [0.05, 0.1) is 26.1 Å². The molecule has 0 aliphatic carbocycles. The van der Waals surface area contributed by atoms with Crippen LogP contribution >= 0.6 is 0 Å². The minimum atomic E-state index is -0.568. The van der Waals surface area contributed by atoms with Gasteiger partial charge in [-0.3, -0.25) is 4.98 Å². The van der Waals surface area contributed by atoms with Crippen LogP contribution in [-0.2, 0) is 11.3 Å². The number of carbonyl (C=O) groups excluding carboxylic acids is 1. The summed E-state index contributed by atoms with van der Waals surface area (Å²) >= 11 is 0. The van der Waals surface area contributed by atoms with Gasteiger partial charge in [-0.25, -0.2) is 9.78 Å². The van der Waals surface area contributed by atoms with E-state index in [0.29, 0.717) is 22.9 Å². The Morgan fingerprint density at radius 2 is 2.00 bits per heavy atom. The van der Waals surface area contributed by atoms with E-state index in [1.54, 1.807) is 18.3 Å². The zero-order valence-corrected chi connectivity index (χ0v) is 11.7.